The molecular formula is C14H30N2S. The van der Waals surface area contributed by atoms with Crippen LogP contribution < -0.4 is 5.73 Å². The molecule has 2 N–H and O–H groups in total. The Hall–Kier alpha value is 0.270. The van der Waals surface area contributed by atoms with Crippen LogP contribution in [0.25, 0.3) is 0 Å². The highest BCUT2D eigenvalue weighted by molar-refractivity contribution is 8.00. The molecule has 0 aromatic rings. The van der Waals surface area contributed by atoms with E-state index in [1.54, 1.807) is 0 Å². The zero-order chi connectivity index (χ0) is 13.1. The summed E-state index contributed by atoms with van der Waals surface area (Å²) in [6.45, 7) is 14.9. The molecule has 1 fully saturated rings. The van der Waals surface area contributed by atoms with Crippen LogP contribution in [-0.2, 0) is 0 Å². The minimum atomic E-state index is 0.392. The molecule has 1 aliphatic rings. The maximum absolute atomic E-state index is 6.02. The summed E-state index contributed by atoms with van der Waals surface area (Å²) < 4.78 is 0.392. The van der Waals surface area contributed by atoms with Gasteiger partial charge in [0, 0.05) is 36.2 Å². The maximum Gasteiger partial charge on any atom is 0.0244 e. The van der Waals surface area contributed by atoms with Gasteiger partial charge in [-0.05, 0) is 32.1 Å². The van der Waals surface area contributed by atoms with Gasteiger partial charge in [-0.1, -0.05) is 20.8 Å². The molecule has 0 saturated carbocycles. The Kier molecular flexibility index (Phi) is 5.81. The molecule has 0 radical (unpaired) electrons. The van der Waals surface area contributed by atoms with Gasteiger partial charge >= 0.3 is 0 Å². The second-order valence-electron chi connectivity index (χ2n) is 6.49. The number of hydrogen-bond acceptors (Lipinski definition) is 3. The summed E-state index contributed by atoms with van der Waals surface area (Å²) in [5.74, 6) is 2.72. The van der Waals surface area contributed by atoms with E-state index in [0.717, 1.165) is 12.5 Å². The molecule has 1 rings (SSSR count). The third kappa shape index (κ3) is 4.80. The third-order valence-corrected chi connectivity index (χ3v) is 4.96. The van der Waals surface area contributed by atoms with E-state index in [2.05, 4.69) is 51.3 Å². The van der Waals surface area contributed by atoms with Crippen LogP contribution in [0.4, 0.5) is 0 Å². The van der Waals surface area contributed by atoms with Crippen molar-refractivity contribution in [1.82, 2.24) is 4.90 Å². The van der Waals surface area contributed by atoms with Crippen LogP contribution in [0.5, 0.6) is 0 Å². The summed E-state index contributed by atoms with van der Waals surface area (Å²) in [6.07, 6.45) is 1.28. The maximum atomic E-state index is 6.02. The Bertz CT molecular complexity index is 228. The Morgan fingerprint density at radius 3 is 2.41 bits per heavy atom. The van der Waals surface area contributed by atoms with E-state index in [9.17, 15) is 0 Å². The van der Waals surface area contributed by atoms with Gasteiger partial charge in [0.25, 0.3) is 0 Å². The lowest BCUT2D eigenvalue weighted by molar-refractivity contribution is 0.135. The van der Waals surface area contributed by atoms with Gasteiger partial charge in [-0.3, -0.25) is 4.90 Å². The van der Waals surface area contributed by atoms with Crippen LogP contribution in [0.15, 0.2) is 0 Å². The minimum absolute atomic E-state index is 0.392. The molecule has 1 saturated heterocycles. The molecule has 1 aliphatic heterocycles. The number of thioether (sulfide) groups is 1. The molecule has 0 spiro atoms. The van der Waals surface area contributed by atoms with Crippen molar-refractivity contribution in [3.63, 3.8) is 0 Å². The first-order chi connectivity index (χ1) is 7.85. The lowest BCUT2D eigenvalue weighted by Crippen LogP contribution is -2.53. The first-order valence-corrected chi connectivity index (χ1v) is 7.92. The number of nitrogens with two attached hydrogens (primary N) is 1. The van der Waals surface area contributed by atoms with E-state index < -0.39 is 0 Å². The summed E-state index contributed by atoms with van der Waals surface area (Å²) in [7, 11) is 0. The van der Waals surface area contributed by atoms with Crippen LogP contribution >= 0.6 is 11.8 Å². The highest BCUT2D eigenvalue weighted by atomic mass is 32.2. The van der Waals surface area contributed by atoms with Crippen molar-refractivity contribution in [2.24, 2.45) is 17.6 Å². The van der Waals surface area contributed by atoms with Crippen LogP contribution in [0.2, 0.25) is 0 Å². The van der Waals surface area contributed by atoms with Crippen LogP contribution in [0.3, 0.4) is 0 Å². The van der Waals surface area contributed by atoms with Crippen molar-refractivity contribution >= 4 is 11.8 Å². The smallest absolute Gasteiger partial charge is 0.0244 e. The SMILES string of the molecule is CC(C)CC(C)C(CN)N1CCSC(C)(C)C1. The molecule has 0 bridgehead atoms. The van der Waals surface area contributed by atoms with Crippen LogP contribution in [-0.4, -0.2) is 41.1 Å². The van der Waals surface area contributed by atoms with Gasteiger partial charge in [0.2, 0.25) is 0 Å². The zero-order valence-electron chi connectivity index (χ0n) is 12.2. The van der Waals surface area contributed by atoms with E-state index in [0.29, 0.717) is 16.7 Å². The van der Waals surface area contributed by atoms with Gasteiger partial charge in [-0.2, -0.15) is 11.8 Å². The van der Waals surface area contributed by atoms with Crippen molar-refractivity contribution in [3.8, 4) is 0 Å². The Morgan fingerprint density at radius 2 is 1.94 bits per heavy atom. The fourth-order valence-corrected chi connectivity index (χ4v) is 4.11. The van der Waals surface area contributed by atoms with Crippen molar-refractivity contribution in [3.05, 3.63) is 0 Å². The lowest BCUT2D eigenvalue weighted by atomic mass is 9.90. The standard InChI is InChI=1S/C14H30N2S/c1-11(2)8-12(3)13(9-15)16-6-7-17-14(4,5)10-16/h11-13H,6-10,15H2,1-5H3. The molecule has 2 atom stereocenters. The molecule has 17 heavy (non-hydrogen) atoms. The summed E-state index contributed by atoms with van der Waals surface area (Å²) in [6, 6.07) is 0.567. The normalized spacial score (nSPS) is 24.9. The van der Waals surface area contributed by atoms with Crippen molar-refractivity contribution in [1.29, 1.82) is 0 Å². The molecule has 2 nitrogen and oxygen atoms in total. The molecule has 3 heteroatoms. The summed E-state index contributed by atoms with van der Waals surface area (Å²) in [5.41, 5.74) is 6.02. The van der Waals surface area contributed by atoms with Gasteiger partial charge in [-0.15, -0.1) is 0 Å². The highest BCUT2D eigenvalue weighted by Gasteiger charge is 2.32. The van der Waals surface area contributed by atoms with Gasteiger partial charge in [0.1, 0.15) is 0 Å². The molecule has 0 aromatic heterocycles. The fraction of sp³-hybridized carbons (Fsp3) is 1.00. The summed E-state index contributed by atoms with van der Waals surface area (Å²) in [4.78, 5) is 2.63. The zero-order valence-corrected chi connectivity index (χ0v) is 13.0. The monoisotopic (exact) mass is 258 g/mol. The molecule has 102 valence electrons. The van der Waals surface area contributed by atoms with Crippen molar-refractivity contribution in [2.45, 2.75) is 51.8 Å². The first kappa shape index (κ1) is 15.3. The van der Waals surface area contributed by atoms with Crippen molar-refractivity contribution < 1.29 is 0 Å². The number of rotatable bonds is 5. The highest BCUT2D eigenvalue weighted by Crippen LogP contribution is 2.32. The van der Waals surface area contributed by atoms with E-state index in [1.807, 2.05) is 0 Å². The Balaban J connectivity index is 2.60. The predicted molar refractivity (Wildman–Crippen MR) is 79.6 cm³/mol. The van der Waals surface area contributed by atoms with Gasteiger partial charge in [-0.25, -0.2) is 0 Å². The van der Waals surface area contributed by atoms with E-state index in [4.69, 9.17) is 5.73 Å². The largest absolute Gasteiger partial charge is 0.329 e. The topological polar surface area (TPSA) is 29.3 Å². The average Bonchev–Trinajstić information content (AvgIpc) is 2.15. The summed E-state index contributed by atoms with van der Waals surface area (Å²) in [5, 5.41) is 0. The van der Waals surface area contributed by atoms with Crippen molar-refractivity contribution in [2.75, 3.05) is 25.4 Å². The molecule has 0 aliphatic carbocycles. The Morgan fingerprint density at radius 1 is 1.29 bits per heavy atom. The molecule has 0 amide bonds. The molecule has 2 unspecified atom stereocenters. The third-order valence-electron chi connectivity index (χ3n) is 3.67. The second-order valence-corrected chi connectivity index (χ2v) is 8.29. The second kappa shape index (κ2) is 6.44. The lowest BCUT2D eigenvalue weighted by Gasteiger charge is -2.43. The molecule has 1 heterocycles. The quantitative estimate of drug-likeness (QED) is 0.822. The molecule has 0 aromatic carbocycles. The van der Waals surface area contributed by atoms with Gasteiger partial charge < -0.3 is 5.73 Å². The average molecular weight is 258 g/mol. The minimum Gasteiger partial charge on any atom is -0.329 e. The molecular weight excluding hydrogens is 228 g/mol. The van der Waals surface area contributed by atoms with Gasteiger partial charge in [0.05, 0.1) is 0 Å². The number of hydrogen-bond donors (Lipinski definition) is 1. The number of nitrogens with zero attached hydrogens (tertiary/aromatic N) is 1. The first-order valence-electron chi connectivity index (χ1n) is 6.94. The fourth-order valence-electron chi connectivity index (χ4n) is 2.98. The predicted octanol–water partition coefficient (Wildman–Crippen LogP) is 2.82. The van der Waals surface area contributed by atoms with Crippen LogP contribution in [0.1, 0.15) is 41.0 Å². The van der Waals surface area contributed by atoms with E-state index in [-0.39, 0.29) is 0 Å². The Labute approximate surface area is 112 Å². The van der Waals surface area contributed by atoms with Gasteiger partial charge in [0.15, 0.2) is 0 Å². The summed E-state index contributed by atoms with van der Waals surface area (Å²) >= 11 is 2.10. The van der Waals surface area contributed by atoms with Crippen LogP contribution in [0, 0.1) is 11.8 Å². The van der Waals surface area contributed by atoms with E-state index in [1.165, 1.54) is 25.3 Å². The van der Waals surface area contributed by atoms with E-state index >= 15 is 0 Å².